The molecular formula is C11H11FO5. The van der Waals surface area contributed by atoms with E-state index in [1.165, 1.54) is 24.3 Å². The van der Waals surface area contributed by atoms with E-state index in [1.54, 1.807) is 0 Å². The van der Waals surface area contributed by atoms with Gasteiger partial charge in [-0.25, -0.2) is 14.0 Å². The quantitative estimate of drug-likeness (QED) is 0.649. The smallest absolute Gasteiger partial charge is 0.479 e. The molecule has 1 aromatic carbocycles. The Balaban J connectivity index is 2.88. The number of carboxylic acid groups (broad SMARTS) is 1. The number of rotatable bonds is 3. The maximum absolute atomic E-state index is 13.7. The van der Waals surface area contributed by atoms with Crippen molar-refractivity contribution in [1.29, 1.82) is 0 Å². The van der Waals surface area contributed by atoms with E-state index in [9.17, 15) is 14.0 Å². The van der Waals surface area contributed by atoms with E-state index in [0.29, 0.717) is 0 Å². The maximum atomic E-state index is 13.7. The van der Waals surface area contributed by atoms with Crippen molar-refractivity contribution in [2.75, 3.05) is 7.11 Å². The topological polar surface area (TPSA) is 72.8 Å². The molecule has 0 heterocycles. The molecule has 1 N–H and O–H groups in total. The van der Waals surface area contributed by atoms with Crippen molar-refractivity contribution in [2.45, 2.75) is 12.6 Å². The molecule has 1 atom stereocenters. The van der Waals surface area contributed by atoms with Gasteiger partial charge in [0.1, 0.15) is 5.75 Å². The third kappa shape index (κ3) is 2.93. The van der Waals surface area contributed by atoms with Crippen molar-refractivity contribution < 1.29 is 28.6 Å². The number of ether oxygens (including phenoxy) is 2. The molecule has 17 heavy (non-hydrogen) atoms. The number of carbonyl (C=O) groups is 2. The van der Waals surface area contributed by atoms with Crippen molar-refractivity contribution >= 4 is 12.1 Å². The lowest BCUT2D eigenvalue weighted by Crippen LogP contribution is -2.26. The molecule has 0 spiro atoms. The normalized spacial score (nSPS) is 13.6. The number of benzene rings is 1. The number of carboxylic acids is 1. The van der Waals surface area contributed by atoms with Crippen LogP contribution in [0.1, 0.15) is 12.5 Å². The number of carbonyl (C=O) groups excluding carboxylic acids is 1. The van der Waals surface area contributed by atoms with E-state index in [1.807, 2.05) is 0 Å². The summed E-state index contributed by atoms with van der Waals surface area (Å²) in [6.07, 6.45) is -0.904. The van der Waals surface area contributed by atoms with Gasteiger partial charge in [-0.1, -0.05) is 12.1 Å². The zero-order valence-corrected chi connectivity index (χ0v) is 9.27. The first-order valence-corrected chi connectivity index (χ1v) is 4.66. The zero-order chi connectivity index (χ0) is 13.1. The monoisotopic (exact) mass is 242 g/mol. The average Bonchev–Trinajstić information content (AvgIpc) is 2.29. The van der Waals surface area contributed by atoms with Crippen LogP contribution in [0.5, 0.6) is 5.75 Å². The Morgan fingerprint density at radius 3 is 2.24 bits per heavy atom. The average molecular weight is 242 g/mol. The molecule has 1 unspecified atom stereocenters. The van der Waals surface area contributed by atoms with Crippen molar-refractivity contribution in [1.82, 2.24) is 0 Å². The highest BCUT2D eigenvalue weighted by molar-refractivity contribution is 5.78. The second-order valence-electron chi connectivity index (χ2n) is 3.39. The Hall–Kier alpha value is -2.11. The minimum absolute atomic E-state index is 0.0396. The molecule has 0 aromatic heterocycles. The molecule has 6 heteroatoms. The van der Waals surface area contributed by atoms with Crippen LogP contribution in [0.4, 0.5) is 9.18 Å². The Kier molecular flexibility index (Phi) is 3.67. The molecule has 1 rings (SSSR count). The molecule has 0 aliphatic rings. The summed E-state index contributed by atoms with van der Waals surface area (Å²) in [5.74, 6) is -1.44. The molecule has 5 nitrogen and oxygen atoms in total. The maximum Gasteiger partial charge on any atom is 0.513 e. The van der Waals surface area contributed by atoms with Crippen LogP contribution in [0, 0.1) is 0 Å². The first kappa shape index (κ1) is 13.0. The molecule has 0 bridgehead atoms. The fourth-order valence-electron chi connectivity index (χ4n) is 1.10. The summed E-state index contributed by atoms with van der Waals surface area (Å²) in [5.41, 5.74) is -2.52. The summed E-state index contributed by atoms with van der Waals surface area (Å²) in [4.78, 5) is 21.4. The third-order valence-electron chi connectivity index (χ3n) is 2.17. The van der Waals surface area contributed by atoms with Gasteiger partial charge < -0.3 is 14.6 Å². The highest BCUT2D eigenvalue weighted by Gasteiger charge is 2.34. The van der Waals surface area contributed by atoms with Crippen LogP contribution in [0.3, 0.4) is 0 Å². The first-order chi connectivity index (χ1) is 7.87. The number of alkyl halides is 1. The number of hydrogen-bond donors (Lipinski definition) is 1. The molecular weight excluding hydrogens is 231 g/mol. The largest absolute Gasteiger partial charge is 0.513 e. The van der Waals surface area contributed by atoms with Crippen LogP contribution >= 0.6 is 0 Å². The van der Waals surface area contributed by atoms with Gasteiger partial charge in [0.15, 0.2) is 0 Å². The number of hydrogen-bond acceptors (Lipinski definition) is 4. The molecule has 0 fully saturated rings. The predicted octanol–water partition coefficient (Wildman–Crippen LogP) is 2.10. The summed E-state index contributed by atoms with van der Waals surface area (Å²) in [5, 5.41) is 8.67. The minimum Gasteiger partial charge on any atom is -0.479 e. The summed E-state index contributed by atoms with van der Waals surface area (Å²) in [7, 11) is 1.15. The minimum atomic E-state index is -2.48. The molecule has 0 radical (unpaired) electrons. The Bertz CT molecular complexity index is 424. The Labute approximate surface area is 96.8 Å². The van der Waals surface area contributed by atoms with Crippen LogP contribution in [-0.2, 0) is 15.2 Å². The fourth-order valence-corrected chi connectivity index (χ4v) is 1.10. The summed E-state index contributed by atoms with van der Waals surface area (Å²) in [6, 6.07) is 5.03. The number of halogens is 1. The van der Waals surface area contributed by atoms with Crippen molar-refractivity contribution in [2.24, 2.45) is 0 Å². The van der Waals surface area contributed by atoms with Crippen LogP contribution in [0.25, 0.3) is 0 Å². The SMILES string of the molecule is COC(=O)Oc1ccc(C(C)(F)C(=O)O)cc1. The molecule has 92 valence electrons. The molecule has 0 aliphatic carbocycles. The third-order valence-corrected chi connectivity index (χ3v) is 2.17. The second kappa shape index (κ2) is 4.82. The van der Waals surface area contributed by atoms with E-state index in [0.717, 1.165) is 14.0 Å². The lowest BCUT2D eigenvalue weighted by Gasteiger charge is -2.15. The predicted molar refractivity (Wildman–Crippen MR) is 55.6 cm³/mol. The Morgan fingerprint density at radius 1 is 1.29 bits per heavy atom. The second-order valence-corrected chi connectivity index (χ2v) is 3.39. The van der Waals surface area contributed by atoms with E-state index in [2.05, 4.69) is 9.47 Å². The van der Waals surface area contributed by atoms with Crippen molar-refractivity contribution in [3.8, 4) is 5.75 Å². The lowest BCUT2D eigenvalue weighted by molar-refractivity contribution is -0.150. The van der Waals surface area contributed by atoms with Crippen LogP contribution < -0.4 is 4.74 Å². The number of methoxy groups -OCH3 is 1. The van der Waals surface area contributed by atoms with Crippen molar-refractivity contribution in [3.63, 3.8) is 0 Å². The standard InChI is InChI=1S/C11H11FO5/c1-11(12,9(13)14)7-3-5-8(6-4-7)17-10(15)16-2/h3-6H,1-2H3,(H,13,14). The summed E-state index contributed by atoms with van der Waals surface area (Å²) < 4.78 is 22.6. The van der Waals surface area contributed by atoms with E-state index < -0.39 is 17.8 Å². The van der Waals surface area contributed by atoms with Gasteiger partial charge in [-0.15, -0.1) is 0 Å². The molecule has 1 aromatic rings. The van der Waals surface area contributed by atoms with Gasteiger partial charge in [-0.05, 0) is 19.1 Å². The molecule has 0 saturated carbocycles. The lowest BCUT2D eigenvalue weighted by atomic mass is 9.98. The van der Waals surface area contributed by atoms with Crippen molar-refractivity contribution in [3.05, 3.63) is 29.8 Å². The zero-order valence-electron chi connectivity index (χ0n) is 9.27. The van der Waals surface area contributed by atoms with Crippen LogP contribution in [0.2, 0.25) is 0 Å². The van der Waals surface area contributed by atoms with Gasteiger partial charge >= 0.3 is 12.1 Å². The molecule has 0 saturated heterocycles. The van der Waals surface area contributed by atoms with E-state index >= 15 is 0 Å². The van der Waals surface area contributed by atoms with Gasteiger partial charge in [-0.3, -0.25) is 0 Å². The fraction of sp³-hybridized carbons (Fsp3) is 0.273. The number of aliphatic carboxylic acids is 1. The first-order valence-electron chi connectivity index (χ1n) is 4.66. The highest BCUT2D eigenvalue weighted by atomic mass is 19.1. The van der Waals surface area contributed by atoms with Crippen LogP contribution in [-0.4, -0.2) is 24.3 Å². The van der Waals surface area contributed by atoms with Gasteiger partial charge in [-0.2, -0.15) is 0 Å². The van der Waals surface area contributed by atoms with Gasteiger partial charge in [0.2, 0.25) is 5.67 Å². The van der Waals surface area contributed by atoms with E-state index in [4.69, 9.17) is 5.11 Å². The molecule has 0 aliphatic heterocycles. The van der Waals surface area contributed by atoms with Gasteiger partial charge in [0, 0.05) is 5.56 Å². The van der Waals surface area contributed by atoms with Gasteiger partial charge in [0.05, 0.1) is 7.11 Å². The van der Waals surface area contributed by atoms with Gasteiger partial charge in [0.25, 0.3) is 0 Å². The highest BCUT2D eigenvalue weighted by Crippen LogP contribution is 2.27. The summed E-state index contributed by atoms with van der Waals surface area (Å²) >= 11 is 0. The van der Waals surface area contributed by atoms with Crippen LogP contribution in [0.15, 0.2) is 24.3 Å². The Morgan fingerprint density at radius 2 is 1.82 bits per heavy atom. The summed E-state index contributed by atoms with van der Waals surface area (Å²) in [6.45, 7) is 0.936. The van der Waals surface area contributed by atoms with E-state index in [-0.39, 0.29) is 11.3 Å². The molecule has 0 amide bonds.